The number of likely N-dealkylation sites (tertiary alicyclic amines) is 1. The zero-order valence-electron chi connectivity index (χ0n) is 14.5. The van der Waals surface area contributed by atoms with Gasteiger partial charge in [0.05, 0.1) is 19.6 Å². The summed E-state index contributed by atoms with van der Waals surface area (Å²) in [6.07, 6.45) is 1.01. The summed E-state index contributed by atoms with van der Waals surface area (Å²) in [5.41, 5.74) is 1.25. The largest absolute Gasteiger partial charge is 0.488 e. The molecule has 1 aromatic rings. The topological polar surface area (TPSA) is 63.2 Å². The molecule has 2 aliphatic heterocycles. The van der Waals surface area contributed by atoms with E-state index in [9.17, 15) is 4.79 Å². The van der Waals surface area contributed by atoms with Crippen molar-refractivity contribution >= 4 is 11.9 Å². The van der Waals surface area contributed by atoms with Gasteiger partial charge in [0.25, 0.3) is 0 Å². The SMILES string of the molecule is CN=C(NCC1Cc2ccccc2O1)N1CC(C)C(C(=O)OC)C1. The van der Waals surface area contributed by atoms with E-state index in [0.717, 1.165) is 24.7 Å². The molecule has 0 aromatic heterocycles. The van der Waals surface area contributed by atoms with E-state index in [0.29, 0.717) is 13.1 Å². The Morgan fingerprint density at radius 1 is 1.42 bits per heavy atom. The van der Waals surface area contributed by atoms with Crippen molar-refractivity contribution in [3.05, 3.63) is 29.8 Å². The van der Waals surface area contributed by atoms with Crippen LogP contribution in [0.25, 0.3) is 0 Å². The Morgan fingerprint density at radius 2 is 2.21 bits per heavy atom. The quantitative estimate of drug-likeness (QED) is 0.514. The van der Waals surface area contributed by atoms with Crippen molar-refractivity contribution in [1.82, 2.24) is 10.2 Å². The van der Waals surface area contributed by atoms with Gasteiger partial charge in [-0.05, 0) is 17.5 Å². The van der Waals surface area contributed by atoms with Crippen molar-refractivity contribution in [1.29, 1.82) is 0 Å². The first-order chi connectivity index (χ1) is 11.6. The number of para-hydroxylation sites is 1. The summed E-state index contributed by atoms with van der Waals surface area (Å²) < 4.78 is 10.8. The summed E-state index contributed by atoms with van der Waals surface area (Å²) in [7, 11) is 3.21. The molecule has 3 atom stereocenters. The maximum Gasteiger partial charge on any atom is 0.310 e. The fourth-order valence-electron chi connectivity index (χ4n) is 3.50. The fraction of sp³-hybridized carbons (Fsp3) is 0.556. The predicted molar refractivity (Wildman–Crippen MR) is 92.2 cm³/mol. The maximum atomic E-state index is 11.8. The molecule has 0 saturated carbocycles. The molecule has 0 bridgehead atoms. The third-order valence-corrected chi connectivity index (χ3v) is 4.83. The first kappa shape index (κ1) is 16.6. The number of methoxy groups -OCH3 is 1. The van der Waals surface area contributed by atoms with Crippen molar-refractivity contribution < 1.29 is 14.3 Å². The summed E-state index contributed by atoms with van der Waals surface area (Å²) in [4.78, 5) is 18.3. The van der Waals surface area contributed by atoms with Crippen molar-refractivity contribution in [2.24, 2.45) is 16.8 Å². The average molecular weight is 331 g/mol. The first-order valence-electron chi connectivity index (χ1n) is 8.40. The highest BCUT2D eigenvalue weighted by molar-refractivity contribution is 5.82. The number of hydrogen-bond donors (Lipinski definition) is 1. The summed E-state index contributed by atoms with van der Waals surface area (Å²) in [6.45, 7) is 4.20. The molecule has 1 fully saturated rings. The van der Waals surface area contributed by atoms with Crippen LogP contribution in [0.1, 0.15) is 12.5 Å². The molecule has 1 aromatic carbocycles. The molecule has 6 nitrogen and oxygen atoms in total. The molecule has 3 unspecified atom stereocenters. The number of rotatable bonds is 3. The van der Waals surface area contributed by atoms with E-state index in [2.05, 4.69) is 28.2 Å². The van der Waals surface area contributed by atoms with Crippen LogP contribution in [-0.4, -0.2) is 56.7 Å². The van der Waals surface area contributed by atoms with Gasteiger partial charge in [-0.25, -0.2) is 0 Å². The van der Waals surface area contributed by atoms with Crippen LogP contribution in [0.2, 0.25) is 0 Å². The molecule has 2 aliphatic rings. The summed E-state index contributed by atoms with van der Waals surface area (Å²) in [6, 6.07) is 8.14. The number of hydrogen-bond acceptors (Lipinski definition) is 4. The highest BCUT2D eigenvalue weighted by atomic mass is 16.5. The van der Waals surface area contributed by atoms with Crippen molar-refractivity contribution in [3.63, 3.8) is 0 Å². The standard InChI is InChI=1S/C18H25N3O3/c1-12-10-21(11-15(12)17(22)23-3)18(19-2)20-9-14-8-13-6-4-5-7-16(13)24-14/h4-7,12,14-15H,8-11H2,1-3H3,(H,19,20). The lowest BCUT2D eigenvalue weighted by Gasteiger charge is -2.23. The Balaban J connectivity index is 1.54. The van der Waals surface area contributed by atoms with Crippen LogP contribution < -0.4 is 10.1 Å². The number of carbonyl (C=O) groups is 1. The van der Waals surface area contributed by atoms with E-state index < -0.39 is 0 Å². The van der Waals surface area contributed by atoms with Crippen LogP contribution in [0, 0.1) is 11.8 Å². The lowest BCUT2D eigenvalue weighted by molar-refractivity contribution is -0.145. The molecule has 0 amide bonds. The molecular weight excluding hydrogens is 306 g/mol. The lowest BCUT2D eigenvalue weighted by atomic mass is 9.99. The van der Waals surface area contributed by atoms with E-state index in [1.165, 1.54) is 12.7 Å². The van der Waals surface area contributed by atoms with Gasteiger partial charge < -0.3 is 19.7 Å². The molecule has 0 spiro atoms. The van der Waals surface area contributed by atoms with Crippen molar-refractivity contribution in [3.8, 4) is 5.75 Å². The zero-order chi connectivity index (χ0) is 17.1. The average Bonchev–Trinajstić information content (AvgIpc) is 3.18. The normalized spacial score (nSPS) is 26.0. The minimum absolute atomic E-state index is 0.0967. The van der Waals surface area contributed by atoms with Crippen LogP contribution in [-0.2, 0) is 16.0 Å². The highest BCUT2D eigenvalue weighted by Crippen LogP contribution is 2.28. The zero-order valence-corrected chi connectivity index (χ0v) is 14.5. The van der Waals surface area contributed by atoms with Gasteiger partial charge in [-0.2, -0.15) is 0 Å². The number of carbonyl (C=O) groups excluding carboxylic acids is 1. The molecular formula is C18H25N3O3. The van der Waals surface area contributed by atoms with Crippen molar-refractivity contribution in [2.75, 3.05) is 33.8 Å². The Labute approximate surface area is 142 Å². The van der Waals surface area contributed by atoms with Gasteiger partial charge in [0.2, 0.25) is 0 Å². The van der Waals surface area contributed by atoms with E-state index >= 15 is 0 Å². The smallest absolute Gasteiger partial charge is 0.310 e. The van der Waals surface area contributed by atoms with Crippen molar-refractivity contribution in [2.45, 2.75) is 19.4 Å². The highest BCUT2D eigenvalue weighted by Gasteiger charge is 2.37. The third kappa shape index (κ3) is 3.32. The number of ether oxygens (including phenoxy) is 2. The lowest BCUT2D eigenvalue weighted by Crippen LogP contribution is -2.44. The summed E-state index contributed by atoms with van der Waals surface area (Å²) in [5.74, 6) is 1.80. The second kappa shape index (κ2) is 7.11. The van der Waals surface area contributed by atoms with Gasteiger partial charge in [0.15, 0.2) is 5.96 Å². The van der Waals surface area contributed by atoms with Crippen LogP contribution in [0.4, 0.5) is 0 Å². The van der Waals surface area contributed by atoms with E-state index in [-0.39, 0.29) is 23.9 Å². The Hall–Kier alpha value is -2.24. The second-order valence-corrected chi connectivity index (χ2v) is 6.49. The minimum Gasteiger partial charge on any atom is -0.488 e. The second-order valence-electron chi connectivity index (χ2n) is 6.49. The number of aliphatic imine (C=N–C) groups is 1. The maximum absolute atomic E-state index is 11.8. The van der Waals surface area contributed by atoms with E-state index in [4.69, 9.17) is 9.47 Å². The molecule has 1 saturated heterocycles. The summed E-state index contributed by atoms with van der Waals surface area (Å²) in [5, 5.41) is 3.39. The van der Waals surface area contributed by atoms with Gasteiger partial charge in [0.1, 0.15) is 11.9 Å². The fourth-order valence-corrected chi connectivity index (χ4v) is 3.50. The van der Waals surface area contributed by atoms with Crippen LogP contribution in [0.15, 0.2) is 29.3 Å². The number of benzene rings is 1. The number of esters is 1. The first-order valence-corrected chi connectivity index (χ1v) is 8.40. The Bertz CT molecular complexity index is 607. The molecule has 0 radical (unpaired) electrons. The number of guanidine groups is 1. The molecule has 6 heteroatoms. The molecule has 24 heavy (non-hydrogen) atoms. The number of nitrogens with zero attached hydrogens (tertiary/aromatic N) is 2. The summed E-state index contributed by atoms with van der Waals surface area (Å²) >= 11 is 0. The van der Waals surface area contributed by atoms with Crippen LogP contribution >= 0.6 is 0 Å². The molecule has 2 heterocycles. The number of fused-ring (bicyclic) bond motifs is 1. The minimum atomic E-state index is -0.143. The van der Waals surface area contributed by atoms with Crippen LogP contribution in [0.3, 0.4) is 0 Å². The van der Waals surface area contributed by atoms with Crippen LogP contribution in [0.5, 0.6) is 5.75 Å². The van der Waals surface area contributed by atoms with E-state index in [1.54, 1.807) is 7.05 Å². The molecule has 130 valence electrons. The molecule has 0 aliphatic carbocycles. The van der Waals surface area contributed by atoms with Gasteiger partial charge in [0, 0.05) is 26.6 Å². The molecule has 1 N–H and O–H groups in total. The Morgan fingerprint density at radius 3 is 2.92 bits per heavy atom. The molecule has 3 rings (SSSR count). The van der Waals surface area contributed by atoms with Gasteiger partial charge in [-0.15, -0.1) is 0 Å². The van der Waals surface area contributed by atoms with Gasteiger partial charge in [-0.3, -0.25) is 9.79 Å². The Kier molecular flexibility index (Phi) is 4.92. The monoisotopic (exact) mass is 331 g/mol. The number of nitrogens with one attached hydrogen (secondary N) is 1. The van der Waals surface area contributed by atoms with E-state index in [1.807, 2.05) is 18.2 Å². The predicted octanol–water partition coefficient (Wildman–Crippen LogP) is 1.31. The van der Waals surface area contributed by atoms with Gasteiger partial charge >= 0.3 is 5.97 Å². The third-order valence-electron chi connectivity index (χ3n) is 4.83. The van der Waals surface area contributed by atoms with Gasteiger partial charge in [-0.1, -0.05) is 25.1 Å².